The Morgan fingerprint density at radius 2 is 1.72 bits per heavy atom. The van der Waals surface area contributed by atoms with Gasteiger partial charge in [0.15, 0.2) is 0 Å². The van der Waals surface area contributed by atoms with Crippen LogP contribution in [-0.2, 0) is 5.41 Å². The molecular weight excluding hydrogens is 224 g/mol. The quantitative estimate of drug-likeness (QED) is 0.891. The number of hydrogen-bond donors (Lipinski definition) is 1. The Morgan fingerprint density at radius 1 is 1.06 bits per heavy atom. The second kappa shape index (κ2) is 4.99. The van der Waals surface area contributed by atoms with Gasteiger partial charge in [0.1, 0.15) is 5.75 Å². The molecule has 0 spiro atoms. The normalized spacial score (nSPS) is 11.8. The highest BCUT2D eigenvalue weighted by Gasteiger charge is 2.19. The molecule has 0 heterocycles. The van der Waals surface area contributed by atoms with Crippen LogP contribution < -0.4 is 4.74 Å². The monoisotopic (exact) mass is 244 g/mol. The molecular formula is C16H20O2. The van der Waals surface area contributed by atoms with E-state index in [0.29, 0.717) is 0 Å². The van der Waals surface area contributed by atoms with Crippen molar-refractivity contribution in [2.75, 3.05) is 13.7 Å². The van der Waals surface area contributed by atoms with Gasteiger partial charge in [0.2, 0.25) is 0 Å². The molecule has 2 aromatic carbocycles. The number of aliphatic hydroxyl groups is 1. The van der Waals surface area contributed by atoms with Crippen molar-refractivity contribution >= 4 is 10.8 Å². The van der Waals surface area contributed by atoms with Crippen LogP contribution in [0.5, 0.6) is 5.75 Å². The van der Waals surface area contributed by atoms with Crippen LogP contribution in [0, 0.1) is 0 Å². The van der Waals surface area contributed by atoms with Crippen LogP contribution in [0.3, 0.4) is 0 Å². The second-order valence-electron chi connectivity index (χ2n) is 5.29. The van der Waals surface area contributed by atoms with E-state index in [1.54, 1.807) is 7.11 Å². The summed E-state index contributed by atoms with van der Waals surface area (Å²) in [6.07, 6.45) is 0.772. The fourth-order valence-electron chi connectivity index (χ4n) is 2.20. The highest BCUT2D eigenvalue weighted by atomic mass is 16.5. The minimum absolute atomic E-state index is 0.00284. The molecule has 0 aliphatic carbocycles. The number of aliphatic hydroxyl groups excluding tert-OH is 1. The number of methoxy groups -OCH3 is 1. The lowest BCUT2D eigenvalue weighted by molar-refractivity contribution is 0.252. The maximum absolute atomic E-state index is 9.13. The van der Waals surface area contributed by atoms with Crippen molar-refractivity contribution in [3.8, 4) is 5.75 Å². The van der Waals surface area contributed by atoms with Crippen molar-refractivity contribution < 1.29 is 9.84 Å². The maximum Gasteiger partial charge on any atom is 0.119 e. The summed E-state index contributed by atoms with van der Waals surface area (Å²) in [5, 5.41) is 11.5. The highest BCUT2D eigenvalue weighted by Crippen LogP contribution is 2.30. The van der Waals surface area contributed by atoms with Crippen LogP contribution in [-0.4, -0.2) is 18.8 Å². The number of rotatable bonds is 4. The standard InChI is InChI=1S/C16H20O2/c1-16(2,8-9-17)14-6-4-13-11-15(18-3)7-5-12(13)10-14/h4-7,10-11,17H,8-9H2,1-3H3. The van der Waals surface area contributed by atoms with Crippen molar-refractivity contribution in [1.29, 1.82) is 0 Å². The van der Waals surface area contributed by atoms with Crippen molar-refractivity contribution in [3.63, 3.8) is 0 Å². The van der Waals surface area contributed by atoms with Gasteiger partial charge in [0.25, 0.3) is 0 Å². The van der Waals surface area contributed by atoms with Gasteiger partial charge in [-0.2, -0.15) is 0 Å². The molecule has 0 saturated carbocycles. The van der Waals surface area contributed by atoms with E-state index in [1.165, 1.54) is 16.3 Å². The van der Waals surface area contributed by atoms with Gasteiger partial charge < -0.3 is 9.84 Å². The topological polar surface area (TPSA) is 29.5 Å². The summed E-state index contributed by atoms with van der Waals surface area (Å²) in [4.78, 5) is 0. The lowest BCUT2D eigenvalue weighted by Crippen LogP contribution is -2.18. The molecule has 0 aliphatic heterocycles. The van der Waals surface area contributed by atoms with E-state index in [-0.39, 0.29) is 12.0 Å². The fraction of sp³-hybridized carbons (Fsp3) is 0.375. The molecule has 0 bridgehead atoms. The molecule has 0 saturated heterocycles. The summed E-state index contributed by atoms with van der Waals surface area (Å²) < 4.78 is 5.23. The zero-order valence-electron chi connectivity index (χ0n) is 11.2. The van der Waals surface area contributed by atoms with Gasteiger partial charge in [-0.3, -0.25) is 0 Å². The zero-order valence-corrected chi connectivity index (χ0v) is 11.2. The number of ether oxygens (including phenoxy) is 1. The first-order chi connectivity index (χ1) is 8.56. The molecule has 0 fully saturated rings. The smallest absolute Gasteiger partial charge is 0.119 e. The first-order valence-electron chi connectivity index (χ1n) is 6.26. The van der Waals surface area contributed by atoms with E-state index in [1.807, 2.05) is 12.1 Å². The largest absolute Gasteiger partial charge is 0.497 e. The molecule has 18 heavy (non-hydrogen) atoms. The second-order valence-corrected chi connectivity index (χ2v) is 5.29. The molecule has 2 rings (SSSR count). The van der Waals surface area contributed by atoms with Crippen LogP contribution >= 0.6 is 0 Å². The van der Waals surface area contributed by atoms with Gasteiger partial charge in [-0.05, 0) is 40.3 Å². The summed E-state index contributed by atoms with van der Waals surface area (Å²) in [6.45, 7) is 4.54. The molecule has 2 aromatic rings. The van der Waals surface area contributed by atoms with E-state index in [4.69, 9.17) is 9.84 Å². The Bertz CT molecular complexity index is 544. The molecule has 0 aliphatic rings. The lowest BCUT2D eigenvalue weighted by atomic mass is 9.81. The molecule has 96 valence electrons. The summed E-state index contributed by atoms with van der Waals surface area (Å²) in [5.41, 5.74) is 1.26. The van der Waals surface area contributed by atoms with Gasteiger partial charge >= 0.3 is 0 Å². The van der Waals surface area contributed by atoms with Gasteiger partial charge in [0.05, 0.1) is 7.11 Å². The zero-order chi connectivity index (χ0) is 13.2. The third-order valence-corrected chi connectivity index (χ3v) is 3.57. The van der Waals surface area contributed by atoms with E-state index in [9.17, 15) is 0 Å². The van der Waals surface area contributed by atoms with E-state index in [0.717, 1.165) is 12.2 Å². The molecule has 0 unspecified atom stereocenters. The van der Waals surface area contributed by atoms with Crippen molar-refractivity contribution in [2.45, 2.75) is 25.7 Å². The SMILES string of the molecule is COc1ccc2cc(C(C)(C)CCO)ccc2c1. The minimum atomic E-state index is 0.00284. The molecule has 0 aromatic heterocycles. The van der Waals surface area contributed by atoms with Gasteiger partial charge in [-0.25, -0.2) is 0 Å². The van der Waals surface area contributed by atoms with Gasteiger partial charge in [0, 0.05) is 6.61 Å². The predicted molar refractivity (Wildman–Crippen MR) is 75.2 cm³/mol. The fourth-order valence-corrected chi connectivity index (χ4v) is 2.20. The van der Waals surface area contributed by atoms with E-state index in [2.05, 4.69) is 38.1 Å². The molecule has 0 atom stereocenters. The summed E-state index contributed by atoms with van der Waals surface area (Å²) in [6, 6.07) is 12.5. The maximum atomic E-state index is 9.13. The third-order valence-electron chi connectivity index (χ3n) is 3.57. The average molecular weight is 244 g/mol. The molecule has 2 heteroatoms. The highest BCUT2D eigenvalue weighted by molar-refractivity contribution is 5.84. The summed E-state index contributed by atoms with van der Waals surface area (Å²) >= 11 is 0. The molecule has 0 radical (unpaired) electrons. The van der Waals surface area contributed by atoms with E-state index >= 15 is 0 Å². The first kappa shape index (κ1) is 12.9. The van der Waals surface area contributed by atoms with E-state index < -0.39 is 0 Å². The van der Waals surface area contributed by atoms with Crippen molar-refractivity contribution in [1.82, 2.24) is 0 Å². The number of fused-ring (bicyclic) bond motifs is 1. The summed E-state index contributed by atoms with van der Waals surface area (Å²) in [7, 11) is 1.68. The number of hydrogen-bond acceptors (Lipinski definition) is 2. The minimum Gasteiger partial charge on any atom is -0.497 e. The molecule has 1 N–H and O–H groups in total. The van der Waals surface area contributed by atoms with Crippen LogP contribution in [0.15, 0.2) is 36.4 Å². The van der Waals surface area contributed by atoms with Crippen molar-refractivity contribution in [3.05, 3.63) is 42.0 Å². The third kappa shape index (κ3) is 2.49. The Balaban J connectivity index is 2.45. The Labute approximate surface area is 108 Å². The van der Waals surface area contributed by atoms with Gasteiger partial charge in [-0.15, -0.1) is 0 Å². The Morgan fingerprint density at radius 3 is 2.39 bits per heavy atom. The number of benzene rings is 2. The average Bonchev–Trinajstić information content (AvgIpc) is 2.37. The van der Waals surface area contributed by atoms with Gasteiger partial charge in [-0.1, -0.05) is 38.1 Å². The van der Waals surface area contributed by atoms with Crippen LogP contribution in [0.1, 0.15) is 25.8 Å². The van der Waals surface area contributed by atoms with Crippen LogP contribution in [0.25, 0.3) is 10.8 Å². The summed E-state index contributed by atoms with van der Waals surface area (Å²) in [5.74, 6) is 0.880. The molecule has 0 amide bonds. The van der Waals surface area contributed by atoms with Crippen molar-refractivity contribution in [2.24, 2.45) is 0 Å². The molecule has 2 nitrogen and oxygen atoms in total. The lowest BCUT2D eigenvalue weighted by Gasteiger charge is -2.24. The van der Waals surface area contributed by atoms with Crippen LogP contribution in [0.4, 0.5) is 0 Å². The first-order valence-corrected chi connectivity index (χ1v) is 6.26. The Kier molecular flexibility index (Phi) is 3.58. The Hall–Kier alpha value is -1.54. The van der Waals surface area contributed by atoms with Crippen LogP contribution in [0.2, 0.25) is 0 Å². The predicted octanol–water partition coefficient (Wildman–Crippen LogP) is 3.51.